The van der Waals surface area contributed by atoms with Crippen molar-refractivity contribution in [2.75, 3.05) is 19.0 Å². The maximum absolute atomic E-state index is 14.0. The Kier molecular flexibility index (Phi) is 10.2. The lowest BCUT2D eigenvalue weighted by Crippen LogP contribution is -2.54. The second kappa shape index (κ2) is 13.6. The quantitative estimate of drug-likeness (QED) is 0.187. The predicted molar refractivity (Wildman–Crippen MR) is 160 cm³/mol. The number of aliphatic hydroxyl groups excluding tert-OH is 1. The topological polar surface area (TPSA) is 126 Å². The van der Waals surface area contributed by atoms with Crippen molar-refractivity contribution in [3.05, 3.63) is 94.5 Å². The number of nitrogens with one attached hydrogen (secondary N) is 2. The van der Waals surface area contributed by atoms with Crippen molar-refractivity contribution >= 4 is 37.6 Å². The molecule has 0 radical (unpaired) electrons. The molecule has 1 amide bonds. The minimum Gasteiger partial charge on any atom is -0.494 e. The summed E-state index contributed by atoms with van der Waals surface area (Å²) < 4.78 is 39.5. The number of sulfone groups is 1. The average Bonchev–Trinajstić information content (AvgIpc) is 3.37. The zero-order valence-electron chi connectivity index (χ0n) is 22.9. The molecule has 3 N–H and O–H groups in total. The van der Waals surface area contributed by atoms with Crippen LogP contribution in [0.5, 0.6) is 5.75 Å². The van der Waals surface area contributed by atoms with Crippen molar-refractivity contribution in [2.24, 2.45) is 4.99 Å². The Hall–Kier alpha value is -3.25. The third kappa shape index (κ3) is 7.34. The van der Waals surface area contributed by atoms with Gasteiger partial charge in [-0.1, -0.05) is 52.3 Å². The highest BCUT2D eigenvalue weighted by atomic mass is 79.9. The Morgan fingerprint density at radius 2 is 1.76 bits per heavy atom. The van der Waals surface area contributed by atoms with E-state index < -0.39 is 27.4 Å². The molecule has 1 aliphatic rings. The fraction of sp³-hybridized carbons (Fsp3) is 0.333. The molecule has 0 bridgehead atoms. The minimum atomic E-state index is -3.74. The Morgan fingerprint density at radius 1 is 1.07 bits per heavy atom. The van der Waals surface area contributed by atoms with Gasteiger partial charge in [-0.25, -0.2) is 18.8 Å². The van der Waals surface area contributed by atoms with Crippen LogP contribution in [0, 0.1) is 0 Å². The van der Waals surface area contributed by atoms with E-state index in [-0.39, 0.29) is 35.6 Å². The zero-order valence-corrected chi connectivity index (χ0v) is 25.3. The first kappa shape index (κ1) is 30.7. The average molecular weight is 645 g/mol. The lowest BCUT2D eigenvalue weighted by Gasteiger charge is -2.31. The van der Waals surface area contributed by atoms with Crippen LogP contribution in [0.4, 0.5) is 0 Å². The van der Waals surface area contributed by atoms with Gasteiger partial charge in [0.05, 0.1) is 17.3 Å². The van der Waals surface area contributed by atoms with Gasteiger partial charge in [0.1, 0.15) is 5.75 Å². The van der Waals surface area contributed by atoms with Gasteiger partial charge in [0, 0.05) is 41.1 Å². The van der Waals surface area contributed by atoms with E-state index in [1.807, 2.05) is 38.1 Å². The van der Waals surface area contributed by atoms with E-state index in [0.29, 0.717) is 34.4 Å². The van der Waals surface area contributed by atoms with Crippen LogP contribution in [0.2, 0.25) is 0 Å². The van der Waals surface area contributed by atoms with Gasteiger partial charge >= 0.3 is 0 Å². The lowest BCUT2D eigenvalue weighted by atomic mass is 9.85. The first-order chi connectivity index (χ1) is 19.7. The standard InChI is InChI=1S/C30H34BrN3O6S/c1-21(2)33-34-29(36)30(17-20-41(37,38)24-9-4-3-5-10-24)27(25-11-6-7-12-26(25)31)40-28(32-30)22-13-15-23(16-14-22)39-19-8-18-35/h3-7,9-16,21,27,33,35H,8,17-20H2,1-2H3,(H,34,36)/t27-,30-/m0/s1. The number of carbonyl (C=O) groups excluding carboxylic acids is 1. The summed E-state index contributed by atoms with van der Waals surface area (Å²) in [5.74, 6) is -0.00827. The summed E-state index contributed by atoms with van der Waals surface area (Å²) in [5.41, 5.74) is 5.33. The molecule has 3 aromatic rings. The lowest BCUT2D eigenvalue weighted by molar-refractivity contribution is -0.130. The SMILES string of the molecule is CC(C)NNC(=O)[C@@]1(CCS(=O)(=O)c2ccccc2)N=C(c2ccc(OCCCO)cc2)O[C@H]1c1ccccc1Br. The monoisotopic (exact) mass is 643 g/mol. The fourth-order valence-electron chi connectivity index (χ4n) is 4.39. The molecule has 0 aliphatic carbocycles. The third-order valence-electron chi connectivity index (χ3n) is 6.55. The highest BCUT2D eigenvalue weighted by molar-refractivity contribution is 9.10. The maximum Gasteiger partial charge on any atom is 0.266 e. The van der Waals surface area contributed by atoms with E-state index >= 15 is 0 Å². The molecule has 0 fully saturated rings. The van der Waals surface area contributed by atoms with E-state index in [2.05, 4.69) is 26.8 Å². The van der Waals surface area contributed by atoms with Crippen LogP contribution in [0.1, 0.15) is 43.9 Å². The van der Waals surface area contributed by atoms with Crippen molar-refractivity contribution in [2.45, 2.75) is 49.3 Å². The summed E-state index contributed by atoms with van der Waals surface area (Å²) in [6.45, 7) is 4.17. The third-order valence-corrected chi connectivity index (χ3v) is 9.00. The molecular formula is C30H34BrN3O6S. The number of aliphatic hydroxyl groups is 1. The Labute approximate surface area is 249 Å². The van der Waals surface area contributed by atoms with Gasteiger partial charge in [-0.15, -0.1) is 0 Å². The second-order valence-electron chi connectivity index (χ2n) is 9.95. The minimum absolute atomic E-state index is 0.0367. The van der Waals surface area contributed by atoms with Crippen LogP contribution in [-0.4, -0.2) is 55.9 Å². The number of aliphatic imine (C=N–C) groups is 1. The summed E-state index contributed by atoms with van der Waals surface area (Å²) in [6, 6.07) is 22.5. The first-order valence-electron chi connectivity index (χ1n) is 13.3. The van der Waals surface area contributed by atoms with Crippen molar-refractivity contribution < 1.29 is 27.8 Å². The van der Waals surface area contributed by atoms with Crippen LogP contribution in [0.15, 0.2) is 93.2 Å². The van der Waals surface area contributed by atoms with Crippen LogP contribution >= 0.6 is 15.9 Å². The molecule has 41 heavy (non-hydrogen) atoms. The molecule has 218 valence electrons. The molecule has 1 heterocycles. The van der Waals surface area contributed by atoms with Gasteiger partial charge in [0.25, 0.3) is 5.91 Å². The van der Waals surface area contributed by atoms with Gasteiger partial charge in [0.15, 0.2) is 21.5 Å². The van der Waals surface area contributed by atoms with Gasteiger partial charge in [0.2, 0.25) is 5.90 Å². The molecule has 2 atom stereocenters. The number of hydrogen-bond acceptors (Lipinski definition) is 8. The number of nitrogens with zero attached hydrogens (tertiary/aromatic N) is 1. The number of ether oxygens (including phenoxy) is 2. The number of benzene rings is 3. The molecule has 9 nitrogen and oxygen atoms in total. The van der Waals surface area contributed by atoms with Crippen LogP contribution in [0.3, 0.4) is 0 Å². The molecule has 0 spiro atoms. The predicted octanol–water partition coefficient (Wildman–Crippen LogP) is 4.36. The fourth-order valence-corrected chi connectivity index (χ4v) is 6.27. The molecule has 0 unspecified atom stereocenters. The first-order valence-corrected chi connectivity index (χ1v) is 15.8. The maximum atomic E-state index is 14.0. The summed E-state index contributed by atoms with van der Waals surface area (Å²) in [6.07, 6.45) is -0.541. The summed E-state index contributed by atoms with van der Waals surface area (Å²) in [5, 5.41) is 9.00. The van der Waals surface area contributed by atoms with Gasteiger partial charge in [-0.05, 0) is 56.3 Å². The molecule has 0 saturated carbocycles. The summed E-state index contributed by atoms with van der Waals surface area (Å²) in [4.78, 5) is 19.0. The van der Waals surface area contributed by atoms with Crippen molar-refractivity contribution in [1.82, 2.24) is 10.9 Å². The molecular weight excluding hydrogens is 610 g/mol. The smallest absolute Gasteiger partial charge is 0.266 e. The second-order valence-corrected chi connectivity index (χ2v) is 12.9. The van der Waals surface area contributed by atoms with Gasteiger partial charge < -0.3 is 14.6 Å². The highest BCUT2D eigenvalue weighted by Gasteiger charge is 2.54. The van der Waals surface area contributed by atoms with Crippen molar-refractivity contribution in [3.63, 3.8) is 0 Å². The molecule has 0 saturated heterocycles. The largest absolute Gasteiger partial charge is 0.494 e. The number of carbonyl (C=O) groups is 1. The van der Waals surface area contributed by atoms with Crippen molar-refractivity contribution in [3.8, 4) is 5.75 Å². The Morgan fingerprint density at radius 3 is 2.41 bits per heavy atom. The Bertz CT molecular complexity index is 1470. The van der Waals surface area contributed by atoms with Gasteiger partial charge in [-0.2, -0.15) is 0 Å². The van der Waals surface area contributed by atoms with Crippen LogP contribution in [-0.2, 0) is 19.4 Å². The summed E-state index contributed by atoms with van der Waals surface area (Å²) in [7, 11) is -3.74. The number of rotatable bonds is 13. The van der Waals surface area contributed by atoms with Crippen LogP contribution in [0.25, 0.3) is 0 Å². The van der Waals surface area contributed by atoms with Gasteiger partial charge in [-0.3, -0.25) is 10.2 Å². The molecule has 11 heteroatoms. The Balaban J connectivity index is 1.77. The molecule has 3 aromatic carbocycles. The molecule has 1 aliphatic heterocycles. The number of halogens is 1. The van der Waals surface area contributed by atoms with E-state index in [9.17, 15) is 13.2 Å². The molecule has 4 rings (SSSR count). The summed E-state index contributed by atoms with van der Waals surface area (Å²) >= 11 is 3.58. The molecule has 0 aromatic heterocycles. The van der Waals surface area contributed by atoms with E-state index in [1.54, 1.807) is 42.5 Å². The van der Waals surface area contributed by atoms with E-state index in [1.165, 1.54) is 12.1 Å². The van der Waals surface area contributed by atoms with Crippen LogP contribution < -0.4 is 15.6 Å². The van der Waals surface area contributed by atoms with E-state index in [4.69, 9.17) is 19.6 Å². The number of hydrazine groups is 1. The zero-order chi connectivity index (χ0) is 29.5. The normalized spacial score (nSPS) is 18.6. The van der Waals surface area contributed by atoms with E-state index in [0.717, 1.165) is 0 Å². The van der Waals surface area contributed by atoms with Crippen molar-refractivity contribution in [1.29, 1.82) is 0 Å². The highest BCUT2D eigenvalue weighted by Crippen LogP contribution is 2.45. The number of amides is 1. The number of hydrogen-bond donors (Lipinski definition) is 3.